The second-order valence-electron chi connectivity index (χ2n) is 5.02. The summed E-state index contributed by atoms with van der Waals surface area (Å²) in [6.45, 7) is 10.3. The third-order valence-electron chi connectivity index (χ3n) is 3.56. The number of hydrogen-bond donors (Lipinski definition) is 2. The molecule has 0 radical (unpaired) electrons. The van der Waals surface area contributed by atoms with E-state index in [2.05, 4.69) is 45.4 Å². The minimum atomic E-state index is 0.479. The SMILES string of the molecule is CCN(CC)c1cc(NC2CCCNC2)nc(C)n1. The molecule has 1 fully saturated rings. The molecule has 0 aromatic carbocycles. The molecule has 2 heterocycles. The summed E-state index contributed by atoms with van der Waals surface area (Å²) < 4.78 is 0. The van der Waals surface area contributed by atoms with Crippen LogP contribution in [0.2, 0.25) is 0 Å². The molecule has 5 nitrogen and oxygen atoms in total. The maximum Gasteiger partial charge on any atom is 0.134 e. The number of aryl methyl sites for hydroxylation is 1. The van der Waals surface area contributed by atoms with Crippen molar-refractivity contribution in [2.45, 2.75) is 39.7 Å². The van der Waals surface area contributed by atoms with Crippen LogP contribution >= 0.6 is 0 Å². The fourth-order valence-corrected chi connectivity index (χ4v) is 2.52. The number of anilines is 2. The quantitative estimate of drug-likeness (QED) is 0.848. The zero-order valence-corrected chi connectivity index (χ0v) is 12.2. The predicted molar refractivity (Wildman–Crippen MR) is 79.8 cm³/mol. The second kappa shape index (κ2) is 6.70. The molecule has 1 aliphatic rings. The zero-order chi connectivity index (χ0) is 13.7. The number of aromatic nitrogens is 2. The summed E-state index contributed by atoms with van der Waals surface area (Å²) in [6, 6.07) is 2.54. The summed E-state index contributed by atoms with van der Waals surface area (Å²) in [4.78, 5) is 11.3. The van der Waals surface area contributed by atoms with E-state index in [1.54, 1.807) is 0 Å². The van der Waals surface area contributed by atoms with Crippen LogP contribution in [0.4, 0.5) is 11.6 Å². The Hall–Kier alpha value is -1.36. The van der Waals surface area contributed by atoms with Gasteiger partial charge in [-0.05, 0) is 40.2 Å². The van der Waals surface area contributed by atoms with Gasteiger partial charge in [0.15, 0.2) is 0 Å². The van der Waals surface area contributed by atoms with E-state index in [1.165, 1.54) is 12.8 Å². The average molecular weight is 263 g/mol. The largest absolute Gasteiger partial charge is 0.366 e. The van der Waals surface area contributed by atoms with Gasteiger partial charge in [0.2, 0.25) is 0 Å². The molecule has 106 valence electrons. The Morgan fingerprint density at radius 3 is 2.79 bits per heavy atom. The maximum atomic E-state index is 4.53. The summed E-state index contributed by atoms with van der Waals surface area (Å²) in [7, 11) is 0. The molecule has 1 saturated heterocycles. The number of piperidine rings is 1. The topological polar surface area (TPSA) is 53.1 Å². The van der Waals surface area contributed by atoms with E-state index < -0.39 is 0 Å². The summed E-state index contributed by atoms with van der Waals surface area (Å²) in [5.41, 5.74) is 0. The third kappa shape index (κ3) is 3.80. The molecule has 1 aliphatic heterocycles. The molecular formula is C14H25N5. The summed E-state index contributed by atoms with van der Waals surface area (Å²) >= 11 is 0. The normalized spacial score (nSPS) is 19.2. The van der Waals surface area contributed by atoms with Gasteiger partial charge in [-0.25, -0.2) is 9.97 Å². The molecule has 2 rings (SSSR count). The molecule has 0 bridgehead atoms. The lowest BCUT2D eigenvalue weighted by Crippen LogP contribution is -2.38. The van der Waals surface area contributed by atoms with Gasteiger partial charge in [0.1, 0.15) is 17.5 Å². The Labute approximate surface area is 115 Å². The zero-order valence-electron chi connectivity index (χ0n) is 12.2. The van der Waals surface area contributed by atoms with Gasteiger partial charge in [0.05, 0.1) is 0 Å². The van der Waals surface area contributed by atoms with Crippen molar-refractivity contribution in [3.05, 3.63) is 11.9 Å². The van der Waals surface area contributed by atoms with Crippen LogP contribution in [-0.4, -0.2) is 42.2 Å². The van der Waals surface area contributed by atoms with Gasteiger partial charge in [-0.3, -0.25) is 0 Å². The molecule has 0 aliphatic carbocycles. The molecule has 1 atom stereocenters. The van der Waals surface area contributed by atoms with Crippen molar-refractivity contribution < 1.29 is 0 Å². The molecule has 0 amide bonds. The highest BCUT2D eigenvalue weighted by Crippen LogP contribution is 2.17. The van der Waals surface area contributed by atoms with Crippen LogP contribution in [0.5, 0.6) is 0 Å². The molecule has 1 aromatic heterocycles. The molecule has 0 saturated carbocycles. The summed E-state index contributed by atoms with van der Waals surface area (Å²) in [5.74, 6) is 2.79. The minimum Gasteiger partial charge on any atom is -0.366 e. The Bertz CT molecular complexity index is 397. The van der Waals surface area contributed by atoms with Gasteiger partial charge in [-0.1, -0.05) is 0 Å². The van der Waals surface area contributed by atoms with E-state index in [4.69, 9.17) is 0 Å². The maximum absolute atomic E-state index is 4.53. The van der Waals surface area contributed by atoms with E-state index in [0.29, 0.717) is 6.04 Å². The molecule has 2 N–H and O–H groups in total. The molecule has 0 spiro atoms. The van der Waals surface area contributed by atoms with E-state index in [-0.39, 0.29) is 0 Å². The van der Waals surface area contributed by atoms with Crippen molar-refractivity contribution in [3.8, 4) is 0 Å². The van der Waals surface area contributed by atoms with Gasteiger partial charge in [0.25, 0.3) is 0 Å². The van der Waals surface area contributed by atoms with E-state index in [9.17, 15) is 0 Å². The van der Waals surface area contributed by atoms with Crippen molar-refractivity contribution >= 4 is 11.6 Å². The van der Waals surface area contributed by atoms with Crippen molar-refractivity contribution in [1.82, 2.24) is 15.3 Å². The highest BCUT2D eigenvalue weighted by Gasteiger charge is 2.14. The van der Waals surface area contributed by atoms with Gasteiger partial charge in [-0.2, -0.15) is 0 Å². The highest BCUT2D eigenvalue weighted by atomic mass is 15.2. The fraction of sp³-hybridized carbons (Fsp3) is 0.714. The smallest absolute Gasteiger partial charge is 0.134 e. The van der Waals surface area contributed by atoms with Crippen molar-refractivity contribution in [3.63, 3.8) is 0 Å². The summed E-state index contributed by atoms with van der Waals surface area (Å²) in [6.07, 6.45) is 2.43. The Morgan fingerprint density at radius 2 is 2.16 bits per heavy atom. The highest BCUT2D eigenvalue weighted by molar-refractivity contribution is 5.49. The molecule has 1 unspecified atom stereocenters. The lowest BCUT2D eigenvalue weighted by atomic mass is 10.1. The monoisotopic (exact) mass is 263 g/mol. The molecule has 19 heavy (non-hydrogen) atoms. The lowest BCUT2D eigenvalue weighted by molar-refractivity contribution is 0.479. The van der Waals surface area contributed by atoms with Gasteiger partial charge in [-0.15, -0.1) is 0 Å². The molecule has 1 aromatic rings. The Balaban J connectivity index is 2.11. The van der Waals surface area contributed by atoms with E-state index in [0.717, 1.165) is 43.6 Å². The van der Waals surface area contributed by atoms with Crippen molar-refractivity contribution in [2.24, 2.45) is 0 Å². The number of rotatable bonds is 5. The minimum absolute atomic E-state index is 0.479. The van der Waals surface area contributed by atoms with Crippen LogP contribution in [-0.2, 0) is 0 Å². The third-order valence-corrected chi connectivity index (χ3v) is 3.56. The van der Waals surface area contributed by atoms with Crippen LogP contribution < -0.4 is 15.5 Å². The number of hydrogen-bond acceptors (Lipinski definition) is 5. The molecular weight excluding hydrogens is 238 g/mol. The first-order chi connectivity index (χ1) is 9.22. The number of nitrogens with one attached hydrogen (secondary N) is 2. The van der Waals surface area contributed by atoms with Gasteiger partial charge < -0.3 is 15.5 Å². The van der Waals surface area contributed by atoms with Crippen LogP contribution in [0.25, 0.3) is 0 Å². The van der Waals surface area contributed by atoms with Crippen molar-refractivity contribution in [1.29, 1.82) is 0 Å². The van der Waals surface area contributed by atoms with Crippen LogP contribution in [0.1, 0.15) is 32.5 Å². The second-order valence-corrected chi connectivity index (χ2v) is 5.02. The van der Waals surface area contributed by atoms with Crippen molar-refractivity contribution in [2.75, 3.05) is 36.4 Å². The van der Waals surface area contributed by atoms with E-state index >= 15 is 0 Å². The predicted octanol–water partition coefficient (Wildman–Crippen LogP) is 1.80. The van der Waals surface area contributed by atoms with Gasteiger partial charge in [0, 0.05) is 31.7 Å². The Morgan fingerprint density at radius 1 is 1.37 bits per heavy atom. The van der Waals surface area contributed by atoms with E-state index in [1.807, 2.05) is 6.92 Å². The Kier molecular flexibility index (Phi) is 4.96. The number of nitrogens with zero attached hydrogens (tertiary/aromatic N) is 3. The summed E-state index contributed by atoms with van der Waals surface area (Å²) in [5, 5.41) is 6.94. The first kappa shape index (κ1) is 14.1. The van der Waals surface area contributed by atoms with Crippen LogP contribution in [0, 0.1) is 6.92 Å². The van der Waals surface area contributed by atoms with Crippen LogP contribution in [0.3, 0.4) is 0 Å². The first-order valence-corrected chi connectivity index (χ1v) is 7.30. The average Bonchev–Trinajstić information content (AvgIpc) is 2.40. The first-order valence-electron chi connectivity index (χ1n) is 7.30. The fourth-order valence-electron chi connectivity index (χ4n) is 2.52. The standard InChI is InChI=1S/C14H25N5/c1-4-19(5-2)14-9-13(16-11(3)17-14)18-12-7-6-8-15-10-12/h9,12,15H,4-8,10H2,1-3H3,(H,16,17,18). The van der Waals surface area contributed by atoms with Crippen LogP contribution in [0.15, 0.2) is 6.07 Å². The van der Waals surface area contributed by atoms with Gasteiger partial charge >= 0.3 is 0 Å². The molecule has 5 heteroatoms. The lowest BCUT2D eigenvalue weighted by Gasteiger charge is -2.25.